The number of phenolic OH excluding ortho intramolecular Hbond substituents is 2. The van der Waals surface area contributed by atoms with E-state index in [9.17, 15) is 59.4 Å². The zero-order valence-corrected chi connectivity index (χ0v) is 88.8. The molecule has 10 heterocycles. The van der Waals surface area contributed by atoms with Crippen molar-refractivity contribution < 1.29 is 119 Å². The van der Waals surface area contributed by atoms with Crippen LogP contribution in [0.3, 0.4) is 0 Å². The van der Waals surface area contributed by atoms with Gasteiger partial charge >= 0.3 is 90.7 Å². The topological polar surface area (TPSA) is 592 Å². The van der Waals surface area contributed by atoms with E-state index in [0.717, 1.165) is 199 Å². The summed E-state index contributed by atoms with van der Waals surface area (Å²) in [7, 11) is 0. The third-order valence-corrected chi connectivity index (χ3v) is 24.4. The molecule has 4 aliphatic carbocycles. The Balaban J connectivity index is 0.000000238. The molecule has 146 heavy (non-hydrogen) atoms. The normalized spacial score (nSPS) is 14.0. The number of aromatic nitrogens is 16. The first-order valence-electron chi connectivity index (χ1n) is 47.8. The van der Waals surface area contributed by atoms with Crippen molar-refractivity contribution in [2.45, 2.75) is 274 Å². The van der Waals surface area contributed by atoms with Gasteiger partial charge in [-0.3, -0.25) is 58.9 Å². The average molecular weight is 2140 g/mol. The van der Waals surface area contributed by atoms with Gasteiger partial charge in [-0.2, -0.15) is 10.2 Å². The number of unbranched alkanes of at least 4 members (excludes halogenated alkanes) is 2. The summed E-state index contributed by atoms with van der Waals surface area (Å²) < 4.78 is 16.9. The molecule has 0 aliphatic heterocycles. The molecule has 775 valence electrons. The summed E-state index contributed by atoms with van der Waals surface area (Å²) >= 11 is 0. The second-order valence-corrected chi connectivity index (χ2v) is 34.3. The molecule has 0 atom stereocenters. The summed E-state index contributed by atoms with van der Waals surface area (Å²) in [6.07, 6.45) is 24.4. The number of hydrogen-bond donors (Lipinski definition) is 4. The number of aryl methyl sites for hydroxylation is 4. The molecule has 2 aromatic carbocycles. The van der Waals surface area contributed by atoms with Crippen LogP contribution in [0.15, 0.2) is 184 Å². The van der Waals surface area contributed by atoms with Crippen molar-refractivity contribution in [3.8, 4) is 35.0 Å². The molecular weight excluding hydrogens is 2020 g/mol. The molecule has 0 bridgehead atoms. The first-order valence-corrected chi connectivity index (χ1v) is 47.8. The molecule has 4 N–H and O–H groups in total. The minimum Gasteiger partial charge on any atom is -0.869 e. The number of nitrogens with zero attached hydrogens (tertiary/aromatic N) is 30. The van der Waals surface area contributed by atoms with Gasteiger partial charge in [-0.1, -0.05) is 114 Å². The van der Waals surface area contributed by atoms with Gasteiger partial charge in [-0.05, 0) is 204 Å². The Bertz CT molecular complexity index is 6500. The molecule has 0 amide bonds. The zero-order valence-electron chi connectivity index (χ0n) is 83.8. The van der Waals surface area contributed by atoms with Crippen molar-refractivity contribution in [2.75, 3.05) is 36.0 Å². The van der Waals surface area contributed by atoms with Crippen molar-refractivity contribution in [3.63, 3.8) is 0 Å². The quantitative estimate of drug-likeness (QED) is 0.0201. The average Bonchev–Trinajstić information content (AvgIpc) is 1.75. The molecule has 0 unspecified atom stereocenters. The molecule has 0 saturated heterocycles. The summed E-state index contributed by atoms with van der Waals surface area (Å²) in [4.78, 5) is 88.5. The van der Waals surface area contributed by atoms with Crippen LogP contribution in [0.2, 0.25) is 0 Å². The van der Waals surface area contributed by atoms with Crippen LogP contribution in [0.5, 0.6) is 35.0 Å². The summed E-state index contributed by atoms with van der Waals surface area (Å²) in [5, 5.41) is 153. The summed E-state index contributed by atoms with van der Waals surface area (Å²) in [5.41, 5.74) is 0.683. The van der Waals surface area contributed by atoms with Crippen molar-refractivity contribution in [1.82, 2.24) is 78.5 Å². The van der Waals surface area contributed by atoms with Crippen LogP contribution in [-0.4, -0.2) is 105 Å². The van der Waals surface area contributed by atoms with E-state index in [0.29, 0.717) is 59.0 Å². The van der Waals surface area contributed by atoms with Gasteiger partial charge in [0.2, 0.25) is 23.0 Å². The molecule has 10 aromatic heterocycles. The van der Waals surface area contributed by atoms with E-state index < -0.39 is 57.1 Å². The summed E-state index contributed by atoms with van der Waals surface area (Å²) in [5.74, 6) is 0.792. The largest absolute Gasteiger partial charge is 2.00 e. The maximum Gasteiger partial charge on any atom is 2.00 e. The zero-order chi connectivity index (χ0) is 102. The molecule has 46 nitrogen and oxygen atoms in total. The molecule has 4 saturated carbocycles. The second kappa shape index (κ2) is 59.1. The fourth-order valence-electron chi connectivity index (χ4n) is 16.8. The fraction of sp³-hybridized carbons (Fsp3) is 0.479. The van der Waals surface area contributed by atoms with Crippen LogP contribution >= 0.6 is 0 Å². The Morgan fingerprint density at radius 2 is 0.740 bits per heavy atom. The Hall–Kier alpha value is -13.6. The van der Waals surface area contributed by atoms with Crippen LogP contribution in [0.1, 0.15) is 254 Å². The molecular formula is C96H118CoN32NaNi2O14+. The number of phenols is 2. The maximum absolute atomic E-state index is 13.3. The predicted molar refractivity (Wildman–Crippen MR) is 522 cm³/mol. The van der Waals surface area contributed by atoms with E-state index >= 15 is 0 Å². The number of benzene rings is 2. The first kappa shape index (κ1) is 119. The van der Waals surface area contributed by atoms with E-state index in [1.165, 1.54) is 44.5 Å². The number of nitrogens with one attached hydrogen (secondary N) is 2. The van der Waals surface area contributed by atoms with Crippen LogP contribution in [0.4, 0.5) is 91.8 Å². The number of azo groups is 6. The molecule has 4 fully saturated rings. The third-order valence-electron chi connectivity index (χ3n) is 24.4. The van der Waals surface area contributed by atoms with Crippen molar-refractivity contribution in [3.05, 3.63) is 204 Å². The number of anilines is 2. The standard InChI is InChI=1S/2C20H28N6O3.2C15H17N5O3.2C13H16N5O.Co.Na.2Ni/c2*1-13-12-16(22-21-13)23-24-17-18(27)25(14-8-4-2-5-9-14)20(29)26(19(17)28)15-10-6-3-7-11-15;2*1-5-6-7-20-14(21)12(16-4)10(3)13(15(20)22)18-17-11-8-9(2)23-19-11;2*1-3-18(4-2)10-5-6-11(12(19)9-10)15-17-13-7-8-14-16-13;;;;/h2*12,14-15,27H,2-11H2,1H3,(H,21,22);2*8,21H,5-7H2,1-3H3;2*5-9H,3-4H2,1-2H3,(H-,14,15,16,17,19);;;;/q;;;;2*-1;+2;+1;2*+2/p-4. The summed E-state index contributed by atoms with van der Waals surface area (Å²) in [6, 6.07) is 19.7. The van der Waals surface area contributed by atoms with Gasteiger partial charge in [0, 0.05) is 147 Å². The van der Waals surface area contributed by atoms with Gasteiger partial charge in [0.15, 0.2) is 23.0 Å². The number of pyridine rings is 2. The predicted octanol–water partition coefficient (Wildman–Crippen LogP) is 16.7. The molecule has 50 heteroatoms. The molecule has 4 aliphatic rings. The number of hydrogen-bond acceptors (Lipinski definition) is 34. The van der Waals surface area contributed by atoms with Gasteiger partial charge < -0.3 is 88.2 Å². The van der Waals surface area contributed by atoms with Crippen molar-refractivity contribution in [2.24, 2.45) is 61.4 Å². The molecule has 12 aromatic rings. The molecule has 1 radical (unpaired) electrons. The van der Waals surface area contributed by atoms with Gasteiger partial charge in [-0.25, -0.2) is 19.3 Å². The van der Waals surface area contributed by atoms with Crippen LogP contribution in [0.25, 0.3) is 9.69 Å². The van der Waals surface area contributed by atoms with Crippen LogP contribution in [0, 0.1) is 54.7 Å². The van der Waals surface area contributed by atoms with Crippen LogP contribution in [-0.2, 0) is 62.9 Å². The monoisotopic (exact) mass is 2140 g/mol. The number of aromatic hydroxyl groups is 2. The Labute approximate surface area is 894 Å². The smallest absolute Gasteiger partial charge is 0.869 e. The number of H-pyrrole nitrogens is 2. The summed E-state index contributed by atoms with van der Waals surface area (Å²) in [6.45, 7) is 40.7. The van der Waals surface area contributed by atoms with E-state index in [-0.39, 0.29) is 185 Å². The van der Waals surface area contributed by atoms with Gasteiger partial charge in [0.05, 0.1) is 13.1 Å². The van der Waals surface area contributed by atoms with E-state index in [1.54, 1.807) is 74.5 Å². The first-order chi connectivity index (χ1) is 68.6. The van der Waals surface area contributed by atoms with E-state index in [2.05, 4.69) is 160 Å². The fourth-order valence-corrected chi connectivity index (χ4v) is 16.8. The van der Waals surface area contributed by atoms with E-state index in [1.807, 2.05) is 39.8 Å². The van der Waals surface area contributed by atoms with Gasteiger partial charge in [-0.15, -0.1) is 40.9 Å². The Morgan fingerprint density at radius 3 is 1.01 bits per heavy atom. The number of rotatable bonds is 28. The maximum atomic E-state index is 13.3. The SMILES string of the molecule is CCN(CC)c1ccc(N=Nc2ccn[n-]2)c(O)c1.CCN(CC)c1ccc(N=Nc2ccn[n-]2)c(O)c1.Cc1cc(N=Nc2c([O-])n(C3CCCCC3)c(=O)n(C3CCCCC3)c2=O)n[nH]1.Cc1cc(N=Nc2c([O-])n(C3CCCCC3)c(=O)n(C3CCCCC3)c2=O)n[nH]1.[C-]#[N+]c1c(C)c(N=Nc2cc(C)on2)c(=O)n(CCCC)c1[O-].[C-]#[N+]c1c(C)c(N=Nc2cc(C)on2)c(=O)n(CCCC)c1[O-].[Co+2].[Na+].[Ni+2].[Ni+2]. The minimum absolute atomic E-state index is 0. The van der Waals surface area contributed by atoms with Gasteiger partial charge in [0.25, 0.3) is 22.2 Å². The number of aromatic amines is 2. The molecule has 16 rings (SSSR count). The van der Waals surface area contributed by atoms with E-state index in [4.69, 9.17) is 22.2 Å². The van der Waals surface area contributed by atoms with Crippen LogP contribution < -0.4 is 104 Å². The Kier molecular flexibility index (Phi) is 48.4. The Morgan fingerprint density at radius 1 is 0.418 bits per heavy atom. The minimum atomic E-state index is -0.630. The van der Waals surface area contributed by atoms with Gasteiger partial charge in [0.1, 0.15) is 45.8 Å². The third kappa shape index (κ3) is 31.2. The molecule has 0 spiro atoms. The van der Waals surface area contributed by atoms with Crippen molar-refractivity contribution >= 4 is 91.8 Å². The van der Waals surface area contributed by atoms with Crippen molar-refractivity contribution in [1.29, 1.82) is 0 Å². The second-order valence-electron chi connectivity index (χ2n) is 34.3.